The van der Waals surface area contributed by atoms with Crippen LogP contribution in [0.4, 0.5) is 26.3 Å². The lowest BCUT2D eigenvalue weighted by Crippen LogP contribution is -2.43. The van der Waals surface area contributed by atoms with E-state index >= 15 is 0 Å². The van der Waals surface area contributed by atoms with Gasteiger partial charge in [0, 0.05) is 11.5 Å². The molecule has 3 aromatic carbocycles. The standard InChI is InChI=1S/C26H25F6NO2S/c1-24(2,36(33)34)16-25(15-17-6-4-3-5-7-17,18-8-10-20(27)11-9-18)19-12-21(28)14-22(13-19)35-26(31,32)23(29)30/h3-14,23H,15-16,33H2,1-2H3/t25-,36?/m0/s1. The summed E-state index contributed by atoms with van der Waals surface area (Å²) in [6.07, 6.45) is -8.87. The zero-order valence-corrected chi connectivity index (χ0v) is 20.3. The number of halogens is 6. The Bertz CT molecular complexity index is 1200. The molecule has 2 atom stereocenters. The van der Waals surface area contributed by atoms with E-state index in [1.54, 1.807) is 44.2 Å². The van der Waals surface area contributed by atoms with E-state index in [-0.39, 0.29) is 18.4 Å². The van der Waals surface area contributed by atoms with Crippen molar-refractivity contribution in [3.63, 3.8) is 0 Å². The summed E-state index contributed by atoms with van der Waals surface area (Å²) in [5.41, 5.74) is -0.0291. The Morgan fingerprint density at radius 2 is 1.50 bits per heavy atom. The van der Waals surface area contributed by atoms with Gasteiger partial charge in [-0.05, 0) is 67.6 Å². The summed E-state index contributed by atoms with van der Waals surface area (Å²) in [6.45, 7) is 3.24. The molecule has 3 aromatic rings. The van der Waals surface area contributed by atoms with Gasteiger partial charge in [-0.15, -0.1) is 0 Å². The predicted octanol–water partition coefficient (Wildman–Crippen LogP) is 6.52. The Morgan fingerprint density at radius 1 is 0.889 bits per heavy atom. The molecular weight excluding hydrogens is 504 g/mol. The van der Waals surface area contributed by atoms with Crippen molar-refractivity contribution in [3.8, 4) is 5.75 Å². The van der Waals surface area contributed by atoms with Crippen molar-refractivity contribution in [1.29, 1.82) is 0 Å². The summed E-state index contributed by atoms with van der Waals surface area (Å²) in [7, 11) is -1.88. The molecule has 0 spiro atoms. The second-order valence-electron chi connectivity index (χ2n) is 9.13. The maximum Gasteiger partial charge on any atom is 0.461 e. The van der Waals surface area contributed by atoms with Gasteiger partial charge in [0.15, 0.2) is 0 Å². The minimum atomic E-state index is -4.86. The van der Waals surface area contributed by atoms with Gasteiger partial charge in [0.2, 0.25) is 0 Å². The first-order chi connectivity index (χ1) is 16.7. The molecule has 0 amide bonds. The number of hydrogen-bond acceptors (Lipinski definition) is 2. The molecule has 0 aromatic heterocycles. The molecule has 36 heavy (non-hydrogen) atoms. The predicted molar refractivity (Wildman–Crippen MR) is 126 cm³/mol. The van der Waals surface area contributed by atoms with E-state index in [1.807, 2.05) is 0 Å². The van der Waals surface area contributed by atoms with E-state index in [2.05, 4.69) is 4.74 Å². The number of ether oxygens (including phenoxy) is 1. The third kappa shape index (κ3) is 6.28. The summed E-state index contributed by atoms with van der Waals surface area (Å²) < 4.78 is 97.1. The highest BCUT2D eigenvalue weighted by molar-refractivity contribution is 7.84. The lowest BCUT2D eigenvalue weighted by molar-refractivity contribution is -0.253. The van der Waals surface area contributed by atoms with Crippen LogP contribution in [-0.2, 0) is 22.8 Å². The normalized spacial score (nSPS) is 14.9. The van der Waals surface area contributed by atoms with Gasteiger partial charge in [-0.25, -0.2) is 13.0 Å². The lowest BCUT2D eigenvalue weighted by Gasteiger charge is -2.41. The smallest absolute Gasteiger partial charge is 0.428 e. The van der Waals surface area contributed by atoms with Crippen LogP contribution in [0.25, 0.3) is 0 Å². The van der Waals surface area contributed by atoms with Crippen LogP contribution >= 0.6 is 0 Å². The molecular formula is C26H25F6NO2S. The van der Waals surface area contributed by atoms with Gasteiger partial charge in [-0.2, -0.15) is 17.6 Å². The van der Waals surface area contributed by atoms with Crippen molar-refractivity contribution in [2.75, 3.05) is 0 Å². The number of hydrogen-bond donors (Lipinski definition) is 1. The first-order valence-electron chi connectivity index (χ1n) is 10.9. The van der Waals surface area contributed by atoms with Crippen LogP contribution in [0.15, 0.2) is 72.8 Å². The van der Waals surface area contributed by atoms with Crippen LogP contribution in [0.3, 0.4) is 0 Å². The average Bonchev–Trinajstić information content (AvgIpc) is 2.78. The van der Waals surface area contributed by atoms with Gasteiger partial charge in [0.25, 0.3) is 0 Å². The molecule has 3 rings (SSSR count). The third-order valence-corrected chi connectivity index (χ3v) is 7.18. The molecule has 0 heterocycles. The fourth-order valence-electron chi connectivity index (χ4n) is 4.25. The number of nitrogens with two attached hydrogens (primary N) is 1. The van der Waals surface area contributed by atoms with Crippen LogP contribution in [-0.4, -0.2) is 21.5 Å². The molecule has 10 heteroatoms. The Kier molecular flexibility index (Phi) is 8.20. The molecule has 194 valence electrons. The van der Waals surface area contributed by atoms with Crippen molar-refractivity contribution in [1.82, 2.24) is 0 Å². The quantitative estimate of drug-likeness (QED) is 0.304. The van der Waals surface area contributed by atoms with Crippen LogP contribution < -0.4 is 9.88 Å². The van der Waals surface area contributed by atoms with Crippen LogP contribution in [0.1, 0.15) is 37.0 Å². The Balaban J connectivity index is 2.31. The lowest BCUT2D eigenvalue weighted by atomic mass is 9.66. The summed E-state index contributed by atoms with van der Waals surface area (Å²) in [6, 6.07) is 16.8. The summed E-state index contributed by atoms with van der Waals surface area (Å²) in [5.74, 6) is -2.38. The number of alkyl halides is 4. The molecule has 0 saturated heterocycles. The second kappa shape index (κ2) is 10.6. The third-order valence-electron chi connectivity index (χ3n) is 5.95. The van der Waals surface area contributed by atoms with Gasteiger partial charge < -0.3 is 4.74 Å². The maximum atomic E-state index is 14.8. The highest BCUT2D eigenvalue weighted by atomic mass is 32.2. The van der Waals surface area contributed by atoms with Gasteiger partial charge in [-0.3, -0.25) is 5.14 Å². The van der Waals surface area contributed by atoms with Crippen molar-refractivity contribution >= 4 is 11.0 Å². The van der Waals surface area contributed by atoms with E-state index < -0.39 is 51.1 Å². The first kappa shape index (κ1) is 27.7. The molecule has 0 bridgehead atoms. The zero-order valence-electron chi connectivity index (χ0n) is 19.5. The van der Waals surface area contributed by atoms with Gasteiger partial charge in [-0.1, -0.05) is 42.5 Å². The van der Waals surface area contributed by atoms with E-state index in [1.165, 1.54) is 24.3 Å². The van der Waals surface area contributed by atoms with Gasteiger partial charge >= 0.3 is 12.5 Å². The van der Waals surface area contributed by atoms with Crippen LogP contribution in [0.5, 0.6) is 5.75 Å². The summed E-state index contributed by atoms with van der Waals surface area (Å²) >= 11 is 0. The number of benzene rings is 3. The fraction of sp³-hybridized carbons (Fsp3) is 0.308. The second-order valence-corrected chi connectivity index (χ2v) is 10.8. The Hall–Kier alpha value is -2.85. The van der Waals surface area contributed by atoms with Gasteiger partial charge in [0.05, 0.1) is 15.7 Å². The molecule has 0 aliphatic rings. The molecule has 0 saturated carbocycles. The first-order valence-corrected chi connectivity index (χ1v) is 12.1. The molecule has 0 radical (unpaired) electrons. The Labute approximate surface area is 207 Å². The van der Waals surface area contributed by atoms with E-state index in [0.717, 1.165) is 17.7 Å². The maximum absolute atomic E-state index is 14.8. The minimum absolute atomic E-state index is 0.00221. The van der Waals surface area contributed by atoms with E-state index in [0.29, 0.717) is 11.6 Å². The molecule has 0 aliphatic heterocycles. The van der Waals surface area contributed by atoms with E-state index in [9.17, 15) is 30.6 Å². The molecule has 2 N–H and O–H groups in total. The Morgan fingerprint density at radius 3 is 2.06 bits per heavy atom. The average molecular weight is 530 g/mol. The van der Waals surface area contributed by atoms with Gasteiger partial charge in [0.1, 0.15) is 17.4 Å². The van der Waals surface area contributed by atoms with E-state index in [4.69, 9.17) is 5.14 Å². The van der Waals surface area contributed by atoms with Crippen LogP contribution in [0, 0.1) is 11.6 Å². The molecule has 1 unspecified atom stereocenters. The summed E-state index contributed by atoms with van der Waals surface area (Å²) in [4.78, 5) is 0. The van der Waals surface area contributed by atoms with Crippen molar-refractivity contribution in [2.24, 2.45) is 5.14 Å². The van der Waals surface area contributed by atoms with Crippen molar-refractivity contribution < 1.29 is 35.3 Å². The summed E-state index contributed by atoms with van der Waals surface area (Å²) in [5, 5.41) is 5.76. The van der Waals surface area contributed by atoms with Crippen molar-refractivity contribution in [3.05, 3.63) is 101 Å². The molecule has 0 fully saturated rings. The molecule has 0 aliphatic carbocycles. The fourth-order valence-corrected chi connectivity index (χ4v) is 4.64. The highest BCUT2D eigenvalue weighted by Crippen LogP contribution is 2.45. The SMILES string of the molecule is CC(C)(C[C@@](Cc1ccccc1)(c1ccc(F)cc1)c1cc(F)cc(OC(F)(F)C(F)F)c1)S(N)=O. The van der Waals surface area contributed by atoms with Crippen molar-refractivity contribution in [2.45, 2.75) is 49.4 Å². The van der Waals surface area contributed by atoms with Crippen LogP contribution in [0.2, 0.25) is 0 Å². The molecule has 3 nitrogen and oxygen atoms in total. The monoisotopic (exact) mass is 529 g/mol. The largest absolute Gasteiger partial charge is 0.461 e. The zero-order chi connectivity index (χ0) is 26.7. The topological polar surface area (TPSA) is 52.3 Å². The minimum Gasteiger partial charge on any atom is -0.428 e. The highest BCUT2D eigenvalue weighted by Gasteiger charge is 2.45. The number of rotatable bonds is 10.